The fraction of sp³-hybridized carbons (Fsp3) is 0.600. The monoisotopic (exact) mass is 266 g/mol. The van der Waals surface area contributed by atoms with Crippen molar-refractivity contribution in [1.82, 2.24) is 0 Å². The molecule has 1 unspecified atom stereocenters. The molecule has 0 aromatic heterocycles. The molecule has 1 heterocycles. The van der Waals surface area contributed by atoms with Crippen molar-refractivity contribution >= 4 is 11.4 Å². The maximum atomic E-state index is 13.6. The molecule has 1 aromatic carbocycles. The van der Waals surface area contributed by atoms with E-state index in [-0.39, 0.29) is 5.69 Å². The number of nitrogens with two attached hydrogens (primary N) is 1. The van der Waals surface area contributed by atoms with Gasteiger partial charge in [-0.2, -0.15) is 0 Å². The van der Waals surface area contributed by atoms with Crippen LogP contribution in [-0.2, 0) is 0 Å². The van der Waals surface area contributed by atoms with Crippen molar-refractivity contribution < 1.29 is 8.78 Å². The molecule has 2 aliphatic rings. The summed E-state index contributed by atoms with van der Waals surface area (Å²) in [5.74, 6) is -0.529. The van der Waals surface area contributed by atoms with Gasteiger partial charge in [0.25, 0.3) is 0 Å². The van der Waals surface area contributed by atoms with Crippen molar-refractivity contribution in [2.75, 3.05) is 17.2 Å². The van der Waals surface area contributed by atoms with Crippen LogP contribution in [0.3, 0.4) is 0 Å². The lowest BCUT2D eigenvalue weighted by molar-refractivity contribution is 0.430. The molecule has 0 radical (unpaired) electrons. The van der Waals surface area contributed by atoms with E-state index in [1.807, 2.05) is 0 Å². The fourth-order valence-corrected chi connectivity index (χ4v) is 3.73. The summed E-state index contributed by atoms with van der Waals surface area (Å²) >= 11 is 0. The van der Waals surface area contributed by atoms with E-state index in [2.05, 4.69) is 4.90 Å². The minimum Gasteiger partial charge on any atom is -0.395 e. The zero-order valence-electron chi connectivity index (χ0n) is 11.0. The molecular formula is C15H20F2N2. The maximum Gasteiger partial charge on any atom is 0.151 e. The van der Waals surface area contributed by atoms with Gasteiger partial charge >= 0.3 is 0 Å². The Morgan fingerprint density at radius 3 is 2.53 bits per heavy atom. The Balaban J connectivity index is 1.91. The molecule has 1 aromatic rings. The number of nitrogens with zero attached hydrogens (tertiary/aromatic N) is 1. The Bertz CT molecular complexity index is 469. The van der Waals surface area contributed by atoms with Gasteiger partial charge in [-0.1, -0.05) is 12.8 Å². The SMILES string of the molecule is Nc1c(F)cc(F)cc1N1CCCC1C1CCCC1. The molecule has 0 bridgehead atoms. The molecule has 4 heteroatoms. The third kappa shape index (κ3) is 2.28. The minimum atomic E-state index is -0.646. The molecule has 1 aliphatic heterocycles. The quantitative estimate of drug-likeness (QED) is 0.827. The molecule has 3 rings (SSSR count). The summed E-state index contributed by atoms with van der Waals surface area (Å²) in [7, 11) is 0. The van der Waals surface area contributed by atoms with E-state index < -0.39 is 11.6 Å². The highest BCUT2D eigenvalue weighted by atomic mass is 19.1. The van der Waals surface area contributed by atoms with Crippen LogP contribution in [0.2, 0.25) is 0 Å². The van der Waals surface area contributed by atoms with E-state index in [1.165, 1.54) is 31.7 Å². The lowest BCUT2D eigenvalue weighted by Gasteiger charge is -2.32. The van der Waals surface area contributed by atoms with Gasteiger partial charge in [-0.15, -0.1) is 0 Å². The molecule has 2 fully saturated rings. The van der Waals surface area contributed by atoms with Gasteiger partial charge in [0.15, 0.2) is 5.82 Å². The van der Waals surface area contributed by atoms with Crippen molar-refractivity contribution in [2.24, 2.45) is 5.92 Å². The second kappa shape index (κ2) is 4.99. The second-order valence-electron chi connectivity index (χ2n) is 5.77. The Kier molecular flexibility index (Phi) is 3.33. The molecular weight excluding hydrogens is 246 g/mol. The third-order valence-electron chi connectivity index (χ3n) is 4.63. The topological polar surface area (TPSA) is 29.3 Å². The smallest absolute Gasteiger partial charge is 0.151 e. The van der Waals surface area contributed by atoms with E-state index in [0.29, 0.717) is 17.6 Å². The van der Waals surface area contributed by atoms with E-state index in [4.69, 9.17) is 5.73 Å². The van der Waals surface area contributed by atoms with Gasteiger partial charge in [0.05, 0.1) is 11.4 Å². The van der Waals surface area contributed by atoms with Crippen LogP contribution in [0.1, 0.15) is 38.5 Å². The zero-order chi connectivity index (χ0) is 13.4. The van der Waals surface area contributed by atoms with Gasteiger partial charge in [-0.25, -0.2) is 8.78 Å². The third-order valence-corrected chi connectivity index (χ3v) is 4.63. The molecule has 1 saturated heterocycles. The van der Waals surface area contributed by atoms with Crippen LogP contribution in [0.25, 0.3) is 0 Å². The molecule has 1 atom stereocenters. The first-order chi connectivity index (χ1) is 9.16. The first kappa shape index (κ1) is 12.7. The zero-order valence-corrected chi connectivity index (χ0v) is 11.0. The molecule has 1 aliphatic carbocycles. The molecule has 1 saturated carbocycles. The van der Waals surface area contributed by atoms with Crippen LogP contribution in [-0.4, -0.2) is 12.6 Å². The Hall–Kier alpha value is -1.32. The van der Waals surface area contributed by atoms with Gasteiger partial charge in [-0.05, 0) is 37.7 Å². The number of hydrogen-bond donors (Lipinski definition) is 1. The van der Waals surface area contributed by atoms with Crippen LogP contribution in [0.4, 0.5) is 20.2 Å². The molecule has 2 N–H and O–H groups in total. The summed E-state index contributed by atoms with van der Waals surface area (Å²) in [5.41, 5.74) is 6.45. The van der Waals surface area contributed by atoms with Gasteiger partial charge in [0.2, 0.25) is 0 Å². The molecule has 19 heavy (non-hydrogen) atoms. The summed E-state index contributed by atoms with van der Waals surface area (Å²) in [5, 5.41) is 0. The number of nitrogen functional groups attached to an aromatic ring is 1. The van der Waals surface area contributed by atoms with E-state index in [9.17, 15) is 8.78 Å². The summed E-state index contributed by atoms with van der Waals surface area (Å²) in [6.07, 6.45) is 7.22. The molecule has 0 spiro atoms. The summed E-state index contributed by atoms with van der Waals surface area (Å²) in [6.45, 7) is 0.855. The van der Waals surface area contributed by atoms with E-state index in [1.54, 1.807) is 0 Å². The van der Waals surface area contributed by atoms with Crippen molar-refractivity contribution in [3.63, 3.8) is 0 Å². The summed E-state index contributed by atoms with van der Waals surface area (Å²) in [4.78, 5) is 2.14. The highest BCUT2D eigenvalue weighted by Gasteiger charge is 2.34. The van der Waals surface area contributed by atoms with Crippen LogP contribution >= 0.6 is 0 Å². The summed E-state index contributed by atoms with van der Waals surface area (Å²) < 4.78 is 27.0. The predicted molar refractivity (Wildman–Crippen MR) is 73.1 cm³/mol. The predicted octanol–water partition coefficient (Wildman–Crippen LogP) is 3.71. The fourth-order valence-electron chi connectivity index (χ4n) is 3.73. The molecule has 104 valence electrons. The van der Waals surface area contributed by atoms with Crippen LogP contribution in [0.15, 0.2) is 12.1 Å². The Labute approximate surface area is 112 Å². The van der Waals surface area contributed by atoms with Gasteiger partial charge in [-0.3, -0.25) is 0 Å². The molecule has 2 nitrogen and oxygen atoms in total. The van der Waals surface area contributed by atoms with E-state index >= 15 is 0 Å². The van der Waals surface area contributed by atoms with Gasteiger partial charge in [0.1, 0.15) is 5.82 Å². The highest BCUT2D eigenvalue weighted by Crippen LogP contribution is 2.40. The molecule has 0 amide bonds. The number of halogens is 2. The van der Waals surface area contributed by atoms with E-state index in [0.717, 1.165) is 25.5 Å². The first-order valence-corrected chi connectivity index (χ1v) is 7.18. The first-order valence-electron chi connectivity index (χ1n) is 7.18. The highest BCUT2D eigenvalue weighted by molar-refractivity contribution is 5.69. The lowest BCUT2D eigenvalue weighted by Crippen LogP contribution is -2.35. The standard InChI is InChI=1S/C15H20F2N2/c16-11-8-12(17)15(18)14(9-11)19-7-3-6-13(19)10-4-1-2-5-10/h8-10,13H,1-7,18H2. The maximum absolute atomic E-state index is 13.6. The second-order valence-corrected chi connectivity index (χ2v) is 5.77. The lowest BCUT2D eigenvalue weighted by atomic mass is 9.95. The van der Waals surface area contributed by atoms with Crippen LogP contribution < -0.4 is 10.6 Å². The van der Waals surface area contributed by atoms with Crippen LogP contribution in [0, 0.1) is 17.6 Å². The van der Waals surface area contributed by atoms with Gasteiger partial charge < -0.3 is 10.6 Å². The largest absolute Gasteiger partial charge is 0.395 e. The van der Waals surface area contributed by atoms with Crippen molar-refractivity contribution in [3.8, 4) is 0 Å². The number of benzene rings is 1. The minimum absolute atomic E-state index is 0.0892. The number of hydrogen-bond acceptors (Lipinski definition) is 2. The van der Waals surface area contributed by atoms with Crippen molar-refractivity contribution in [2.45, 2.75) is 44.6 Å². The van der Waals surface area contributed by atoms with Crippen LogP contribution in [0.5, 0.6) is 0 Å². The average Bonchev–Trinajstić information content (AvgIpc) is 3.02. The average molecular weight is 266 g/mol. The number of rotatable bonds is 2. The summed E-state index contributed by atoms with van der Waals surface area (Å²) in [6, 6.07) is 2.65. The van der Waals surface area contributed by atoms with Gasteiger partial charge in [0, 0.05) is 18.7 Å². The normalized spacial score (nSPS) is 24.3. The van der Waals surface area contributed by atoms with Crippen molar-refractivity contribution in [1.29, 1.82) is 0 Å². The number of anilines is 2. The van der Waals surface area contributed by atoms with Crippen molar-refractivity contribution in [3.05, 3.63) is 23.8 Å². The Morgan fingerprint density at radius 1 is 1.05 bits per heavy atom. The Morgan fingerprint density at radius 2 is 1.79 bits per heavy atom.